The van der Waals surface area contributed by atoms with Gasteiger partial charge >= 0.3 is 0 Å². The molecule has 0 spiro atoms. The van der Waals surface area contributed by atoms with Gasteiger partial charge in [-0.05, 0) is 25.3 Å². The Morgan fingerprint density at radius 1 is 1.28 bits per heavy atom. The van der Waals surface area contributed by atoms with E-state index >= 15 is 0 Å². The summed E-state index contributed by atoms with van der Waals surface area (Å²) in [6, 6.07) is 9.32. The van der Waals surface area contributed by atoms with Gasteiger partial charge in [-0.3, -0.25) is 4.99 Å². The molecule has 0 radical (unpaired) electrons. The number of hydrogen-bond acceptors (Lipinski definition) is 5. The van der Waals surface area contributed by atoms with Gasteiger partial charge in [0.1, 0.15) is 0 Å². The molecule has 8 heteroatoms. The average molecular weight is 426 g/mol. The number of nitrogens with zero attached hydrogens (tertiary/aromatic N) is 2. The molecular formula is C21H35N3O4S. The third-order valence-corrected chi connectivity index (χ3v) is 6.49. The van der Waals surface area contributed by atoms with Crippen molar-refractivity contribution in [2.75, 3.05) is 58.9 Å². The van der Waals surface area contributed by atoms with Crippen LogP contribution in [0.15, 0.2) is 35.3 Å². The number of rotatable bonds is 12. The molecule has 2 rings (SSSR count). The Hall–Kier alpha value is -1.64. The van der Waals surface area contributed by atoms with Gasteiger partial charge in [0.25, 0.3) is 0 Å². The molecule has 0 saturated carbocycles. The summed E-state index contributed by atoms with van der Waals surface area (Å²) in [6.45, 7) is 7.16. The normalized spacial score (nSPS) is 17.7. The van der Waals surface area contributed by atoms with Crippen LogP contribution in [0.5, 0.6) is 0 Å². The number of benzene rings is 1. The molecule has 1 aromatic rings. The lowest BCUT2D eigenvalue weighted by molar-refractivity contribution is 0.0536. The minimum absolute atomic E-state index is 0.0918. The first-order valence-electron chi connectivity index (χ1n) is 10.4. The fraction of sp³-hybridized carbons (Fsp3) is 0.667. The van der Waals surface area contributed by atoms with Crippen molar-refractivity contribution < 1.29 is 17.9 Å². The minimum Gasteiger partial charge on any atom is -0.382 e. The summed E-state index contributed by atoms with van der Waals surface area (Å²) in [6.07, 6.45) is 1.60. The first-order valence-corrected chi connectivity index (χ1v) is 12.2. The van der Waals surface area contributed by atoms with Gasteiger partial charge in [0.2, 0.25) is 0 Å². The van der Waals surface area contributed by atoms with Crippen LogP contribution < -0.4 is 5.32 Å². The second-order valence-electron chi connectivity index (χ2n) is 7.34. The molecule has 1 unspecified atom stereocenters. The number of nitrogens with one attached hydrogen (secondary N) is 1. The number of sulfone groups is 1. The van der Waals surface area contributed by atoms with Crippen LogP contribution in [0.2, 0.25) is 0 Å². The fourth-order valence-electron chi connectivity index (χ4n) is 3.35. The van der Waals surface area contributed by atoms with Gasteiger partial charge in [-0.1, -0.05) is 30.3 Å². The predicted molar refractivity (Wildman–Crippen MR) is 117 cm³/mol. The second-order valence-corrected chi connectivity index (χ2v) is 9.52. The standard InChI is InChI=1S/C21H35N3O4S/c1-3-22-21(24-12-10-20(16-24)17-28-14-13-27-2)23-11-7-15-29(25,26)18-19-8-5-4-6-9-19/h4-6,8-9,20H,3,7,10-18H2,1-2H3,(H,22,23). The highest BCUT2D eigenvalue weighted by atomic mass is 32.2. The number of hydrogen-bond donors (Lipinski definition) is 1. The van der Waals surface area contributed by atoms with Crippen molar-refractivity contribution >= 4 is 15.8 Å². The Kier molecular flexibility index (Phi) is 10.5. The average Bonchev–Trinajstić information content (AvgIpc) is 3.17. The van der Waals surface area contributed by atoms with E-state index in [-0.39, 0.29) is 11.5 Å². The van der Waals surface area contributed by atoms with Gasteiger partial charge in [-0.2, -0.15) is 0 Å². The first-order chi connectivity index (χ1) is 14.0. The molecule has 1 fully saturated rings. The molecule has 7 nitrogen and oxygen atoms in total. The lowest BCUT2D eigenvalue weighted by Gasteiger charge is -2.21. The molecule has 0 amide bonds. The Morgan fingerprint density at radius 2 is 2.07 bits per heavy atom. The van der Waals surface area contributed by atoms with E-state index in [1.807, 2.05) is 37.3 Å². The topological polar surface area (TPSA) is 80.2 Å². The molecule has 0 aromatic heterocycles. The van der Waals surface area contributed by atoms with Crippen molar-refractivity contribution in [3.8, 4) is 0 Å². The summed E-state index contributed by atoms with van der Waals surface area (Å²) in [4.78, 5) is 6.90. The Bertz CT molecular complexity index is 710. The minimum atomic E-state index is -3.12. The predicted octanol–water partition coefficient (Wildman–Crippen LogP) is 1.94. The maximum Gasteiger partial charge on any atom is 0.193 e. The van der Waals surface area contributed by atoms with Crippen LogP contribution in [0.3, 0.4) is 0 Å². The summed E-state index contributed by atoms with van der Waals surface area (Å²) in [5.41, 5.74) is 0.833. The van der Waals surface area contributed by atoms with Crippen molar-refractivity contribution in [1.29, 1.82) is 0 Å². The number of aliphatic imine (C=N–C) groups is 1. The van der Waals surface area contributed by atoms with E-state index in [9.17, 15) is 8.42 Å². The summed E-state index contributed by atoms with van der Waals surface area (Å²) in [5.74, 6) is 1.60. The van der Waals surface area contributed by atoms with E-state index in [4.69, 9.17) is 9.47 Å². The van der Waals surface area contributed by atoms with Crippen LogP contribution >= 0.6 is 0 Å². The molecule has 164 valence electrons. The smallest absolute Gasteiger partial charge is 0.193 e. The van der Waals surface area contributed by atoms with E-state index in [0.717, 1.165) is 44.2 Å². The van der Waals surface area contributed by atoms with Crippen molar-refractivity contribution in [2.45, 2.75) is 25.5 Å². The van der Waals surface area contributed by atoms with E-state index in [1.54, 1.807) is 7.11 Å². The van der Waals surface area contributed by atoms with E-state index < -0.39 is 9.84 Å². The zero-order valence-corrected chi connectivity index (χ0v) is 18.5. The highest BCUT2D eigenvalue weighted by molar-refractivity contribution is 7.90. The van der Waals surface area contributed by atoms with E-state index in [2.05, 4.69) is 15.2 Å². The van der Waals surface area contributed by atoms with Gasteiger partial charge in [-0.25, -0.2) is 8.42 Å². The third-order valence-electron chi connectivity index (χ3n) is 4.81. The van der Waals surface area contributed by atoms with Crippen LogP contribution in [0, 0.1) is 5.92 Å². The van der Waals surface area contributed by atoms with Gasteiger partial charge in [0.05, 0.1) is 31.3 Å². The quantitative estimate of drug-likeness (QED) is 0.313. The molecule has 1 N–H and O–H groups in total. The lowest BCUT2D eigenvalue weighted by Crippen LogP contribution is -2.40. The van der Waals surface area contributed by atoms with Gasteiger partial charge in [0, 0.05) is 39.2 Å². The zero-order valence-electron chi connectivity index (χ0n) is 17.7. The first kappa shape index (κ1) is 23.6. The Balaban J connectivity index is 1.77. The molecule has 0 aliphatic carbocycles. The number of methoxy groups -OCH3 is 1. The maximum atomic E-state index is 12.3. The fourth-order valence-corrected chi connectivity index (χ4v) is 4.76. The second kappa shape index (κ2) is 12.8. The van der Waals surface area contributed by atoms with Crippen molar-refractivity contribution in [3.63, 3.8) is 0 Å². The number of ether oxygens (including phenoxy) is 2. The van der Waals surface area contributed by atoms with Crippen molar-refractivity contribution in [2.24, 2.45) is 10.9 Å². The van der Waals surface area contributed by atoms with Crippen LogP contribution in [-0.4, -0.2) is 78.1 Å². The van der Waals surface area contributed by atoms with Crippen molar-refractivity contribution in [3.05, 3.63) is 35.9 Å². The molecular weight excluding hydrogens is 390 g/mol. The maximum absolute atomic E-state index is 12.3. The van der Waals surface area contributed by atoms with Crippen molar-refractivity contribution in [1.82, 2.24) is 10.2 Å². The summed E-state index contributed by atoms with van der Waals surface area (Å²) < 4.78 is 35.3. The van der Waals surface area contributed by atoms with Gasteiger partial charge in [0.15, 0.2) is 15.8 Å². The largest absolute Gasteiger partial charge is 0.382 e. The van der Waals surface area contributed by atoms with Crippen LogP contribution in [0.4, 0.5) is 0 Å². The summed E-state index contributed by atoms with van der Waals surface area (Å²) in [7, 11) is -1.44. The molecule has 1 aromatic carbocycles. The SMILES string of the molecule is CCNC(=NCCCS(=O)(=O)Cc1ccccc1)N1CCC(COCCOC)C1. The van der Waals surface area contributed by atoms with Gasteiger partial charge in [-0.15, -0.1) is 0 Å². The van der Waals surface area contributed by atoms with Crippen LogP contribution in [0.25, 0.3) is 0 Å². The molecule has 0 bridgehead atoms. The van der Waals surface area contributed by atoms with Crippen LogP contribution in [-0.2, 0) is 25.1 Å². The van der Waals surface area contributed by atoms with E-state index in [0.29, 0.717) is 32.1 Å². The molecule has 29 heavy (non-hydrogen) atoms. The summed E-state index contributed by atoms with van der Waals surface area (Å²) in [5, 5.41) is 3.32. The molecule has 1 aliphatic heterocycles. The molecule has 1 aliphatic rings. The molecule has 1 saturated heterocycles. The monoisotopic (exact) mass is 425 g/mol. The third kappa shape index (κ3) is 9.14. The van der Waals surface area contributed by atoms with E-state index in [1.165, 1.54) is 0 Å². The molecule has 1 heterocycles. The Morgan fingerprint density at radius 3 is 2.79 bits per heavy atom. The zero-order chi connectivity index (χ0) is 21.0. The van der Waals surface area contributed by atoms with Gasteiger partial charge < -0.3 is 19.7 Å². The highest BCUT2D eigenvalue weighted by Crippen LogP contribution is 2.16. The number of likely N-dealkylation sites (tertiary alicyclic amines) is 1. The number of guanidine groups is 1. The molecule has 1 atom stereocenters. The Labute approximate surface area is 175 Å². The highest BCUT2D eigenvalue weighted by Gasteiger charge is 2.25. The summed E-state index contributed by atoms with van der Waals surface area (Å²) >= 11 is 0. The lowest BCUT2D eigenvalue weighted by atomic mass is 10.1. The van der Waals surface area contributed by atoms with Crippen LogP contribution in [0.1, 0.15) is 25.3 Å².